The lowest BCUT2D eigenvalue weighted by molar-refractivity contribution is -0.150. The van der Waals surface area contributed by atoms with Crippen LogP contribution in [0.15, 0.2) is 48.6 Å². The summed E-state index contributed by atoms with van der Waals surface area (Å²) in [6.45, 7) is 8.22. The Bertz CT molecular complexity index is 1550. The van der Waals surface area contributed by atoms with Crippen molar-refractivity contribution in [3.05, 3.63) is 48.6 Å². The number of hydrogen-bond donors (Lipinski definition) is 2. The number of esters is 2. The third kappa shape index (κ3) is 18.1. The molecule has 0 saturated heterocycles. The molecule has 16 atom stereocenters. The van der Waals surface area contributed by atoms with E-state index >= 15 is 0 Å². The molecule has 4 fully saturated rings. The Balaban J connectivity index is 0.000000168. The van der Waals surface area contributed by atoms with Crippen LogP contribution in [0.25, 0.3) is 0 Å². The van der Waals surface area contributed by atoms with E-state index in [1.807, 2.05) is 6.92 Å². The molecule has 4 saturated carbocycles. The molecule has 0 spiro atoms. The van der Waals surface area contributed by atoms with Crippen molar-refractivity contribution >= 4 is 11.9 Å². The van der Waals surface area contributed by atoms with Crippen LogP contribution in [0.2, 0.25) is 0 Å². The Morgan fingerprint density at radius 1 is 0.537 bits per heavy atom. The van der Waals surface area contributed by atoms with Gasteiger partial charge in [-0.25, -0.2) is 0 Å². The summed E-state index contributed by atoms with van der Waals surface area (Å²) in [5.41, 5.74) is -0.474. The highest BCUT2D eigenvalue weighted by atomic mass is 16.5. The predicted octanol–water partition coefficient (Wildman–Crippen LogP) is 11.0. The monoisotopic (exact) mass is 939 g/mol. The fourth-order valence-electron chi connectivity index (χ4n) is 13.3. The summed E-state index contributed by atoms with van der Waals surface area (Å²) < 4.78 is 31.2. The van der Waals surface area contributed by atoms with E-state index in [1.54, 1.807) is 28.4 Å². The number of carbonyl (C=O) groups excluding carboxylic acids is 2. The van der Waals surface area contributed by atoms with E-state index in [1.165, 1.54) is 65.2 Å². The van der Waals surface area contributed by atoms with Gasteiger partial charge in [0.25, 0.3) is 0 Å². The van der Waals surface area contributed by atoms with E-state index in [0.29, 0.717) is 41.4 Å². The van der Waals surface area contributed by atoms with Gasteiger partial charge in [-0.1, -0.05) is 48.6 Å². The molecule has 8 aliphatic carbocycles. The van der Waals surface area contributed by atoms with Gasteiger partial charge in [-0.05, 0) is 200 Å². The largest absolute Gasteiger partial charge is 0.463 e. The molecule has 0 amide bonds. The molecule has 0 aromatic heterocycles. The normalized spacial score (nSPS) is 32.8. The first-order valence-electron chi connectivity index (χ1n) is 26.8. The van der Waals surface area contributed by atoms with Gasteiger partial charge in [0.1, 0.15) is 12.2 Å². The first-order valence-corrected chi connectivity index (χ1v) is 26.8. The fraction of sp³-hybridized carbons (Fsp3) is 0.825. The fourth-order valence-corrected chi connectivity index (χ4v) is 13.3. The highest BCUT2D eigenvalue weighted by molar-refractivity contribution is 5.66. The molecular formula is C57H94O10. The van der Waals surface area contributed by atoms with Crippen LogP contribution in [0.4, 0.5) is 0 Å². The molecule has 8 bridgehead atoms. The zero-order chi connectivity index (χ0) is 48.2. The van der Waals surface area contributed by atoms with E-state index in [4.69, 9.17) is 28.4 Å². The summed E-state index contributed by atoms with van der Waals surface area (Å²) in [7, 11) is 6.90. The zero-order valence-corrected chi connectivity index (χ0v) is 42.9. The second kappa shape index (κ2) is 29.1. The molecule has 0 radical (unpaired) electrons. The average molecular weight is 939 g/mol. The van der Waals surface area contributed by atoms with Gasteiger partial charge in [0.2, 0.25) is 0 Å². The van der Waals surface area contributed by atoms with Gasteiger partial charge in [-0.15, -0.1) is 0 Å². The lowest BCUT2D eigenvalue weighted by atomic mass is 9.77. The first kappa shape index (κ1) is 55.6. The Morgan fingerprint density at radius 2 is 1.01 bits per heavy atom. The highest BCUT2D eigenvalue weighted by Crippen LogP contribution is 2.50. The first-order chi connectivity index (χ1) is 32.3. The van der Waals surface area contributed by atoms with Gasteiger partial charge >= 0.3 is 11.9 Å². The minimum Gasteiger partial charge on any atom is -0.463 e. The van der Waals surface area contributed by atoms with Crippen LogP contribution in [0.5, 0.6) is 0 Å². The van der Waals surface area contributed by atoms with Gasteiger partial charge in [-0.2, -0.15) is 0 Å². The van der Waals surface area contributed by atoms with Crippen molar-refractivity contribution in [2.45, 2.75) is 173 Å². The van der Waals surface area contributed by atoms with Crippen molar-refractivity contribution in [3.8, 4) is 0 Å². The van der Waals surface area contributed by atoms with Gasteiger partial charge in [-0.3, -0.25) is 9.59 Å². The Hall–Kier alpha value is -2.34. The molecule has 8 rings (SSSR count). The van der Waals surface area contributed by atoms with E-state index in [-0.39, 0.29) is 30.3 Å². The maximum absolute atomic E-state index is 11.2. The van der Waals surface area contributed by atoms with Crippen molar-refractivity contribution in [1.82, 2.24) is 0 Å². The van der Waals surface area contributed by atoms with Gasteiger partial charge in [0.05, 0.1) is 11.7 Å². The molecule has 0 aromatic rings. The number of unbranched alkanes of at least 4 members (excludes halogenated alkanes) is 3. The molecule has 16 unspecified atom stereocenters. The minimum absolute atomic E-state index is 0.0791. The second-order valence-electron chi connectivity index (χ2n) is 21.9. The summed E-state index contributed by atoms with van der Waals surface area (Å²) in [5, 5.41) is 20.7. The van der Waals surface area contributed by atoms with Crippen LogP contribution in [0.1, 0.15) is 149 Å². The minimum atomic E-state index is -0.474. The number of rotatable bonds is 26. The Kier molecular flexibility index (Phi) is 24.2. The molecule has 2 N–H and O–H groups in total. The second-order valence-corrected chi connectivity index (χ2v) is 21.9. The number of fused-ring (bicyclic) bond motifs is 8. The van der Waals surface area contributed by atoms with Crippen LogP contribution in [0.3, 0.4) is 0 Å². The van der Waals surface area contributed by atoms with Crippen molar-refractivity contribution < 1.29 is 48.2 Å². The number of aliphatic hydroxyl groups excluding tert-OH is 1. The third-order valence-corrected chi connectivity index (χ3v) is 16.7. The van der Waals surface area contributed by atoms with Gasteiger partial charge in [0.15, 0.2) is 0 Å². The molecule has 0 aliphatic heterocycles. The SMILES string of the molecule is COCCCC(CC1CC2C=CC1C2)OC(C)=O.COCCCCC(C)(O)C1CC2C=CC1C2.COCCCCC(O)C1CC2C=CC1C2.COCCCCC(OC(C)=O)C1CC2C=CC1C2. The van der Waals surface area contributed by atoms with Crippen LogP contribution in [-0.2, 0) is 38.0 Å². The highest BCUT2D eigenvalue weighted by Gasteiger charge is 2.45. The van der Waals surface area contributed by atoms with Crippen molar-refractivity contribution in [2.24, 2.45) is 71.0 Å². The lowest BCUT2D eigenvalue weighted by Crippen LogP contribution is -2.37. The maximum Gasteiger partial charge on any atom is 0.302 e. The van der Waals surface area contributed by atoms with Crippen molar-refractivity contribution in [1.29, 1.82) is 0 Å². The van der Waals surface area contributed by atoms with Gasteiger partial charge in [0, 0.05) is 74.6 Å². The summed E-state index contributed by atoms with van der Waals surface area (Å²) in [6.07, 6.45) is 41.0. The molecular weight excluding hydrogens is 845 g/mol. The predicted molar refractivity (Wildman–Crippen MR) is 266 cm³/mol. The van der Waals surface area contributed by atoms with E-state index in [9.17, 15) is 19.8 Å². The Morgan fingerprint density at radius 3 is 1.48 bits per heavy atom. The van der Waals surface area contributed by atoms with Crippen LogP contribution in [0, 0.1) is 71.0 Å². The summed E-state index contributed by atoms with van der Waals surface area (Å²) >= 11 is 0. The zero-order valence-electron chi connectivity index (χ0n) is 42.9. The number of methoxy groups -OCH3 is 4. The quantitative estimate of drug-likeness (QED) is 0.0491. The van der Waals surface area contributed by atoms with E-state index < -0.39 is 5.60 Å². The van der Waals surface area contributed by atoms with Crippen LogP contribution >= 0.6 is 0 Å². The van der Waals surface area contributed by atoms with Crippen molar-refractivity contribution in [2.75, 3.05) is 54.9 Å². The molecule has 67 heavy (non-hydrogen) atoms. The smallest absolute Gasteiger partial charge is 0.302 e. The number of allylic oxidation sites excluding steroid dienone is 8. The number of aliphatic hydroxyl groups is 2. The maximum atomic E-state index is 11.2. The summed E-state index contributed by atoms with van der Waals surface area (Å²) in [4.78, 5) is 22.4. The topological polar surface area (TPSA) is 130 Å². The molecule has 10 nitrogen and oxygen atoms in total. The van der Waals surface area contributed by atoms with Gasteiger partial charge < -0.3 is 38.6 Å². The lowest BCUT2D eigenvalue weighted by Gasteiger charge is -2.34. The van der Waals surface area contributed by atoms with Crippen LogP contribution < -0.4 is 0 Å². The molecule has 0 heterocycles. The van der Waals surface area contributed by atoms with E-state index in [2.05, 4.69) is 48.6 Å². The molecule has 8 aliphatic rings. The molecule has 10 heteroatoms. The summed E-state index contributed by atoms with van der Waals surface area (Å²) in [6, 6.07) is 0. The number of ether oxygens (including phenoxy) is 6. The molecule has 382 valence electrons. The number of carbonyl (C=O) groups is 2. The molecule has 0 aromatic carbocycles. The number of hydrogen-bond acceptors (Lipinski definition) is 10. The summed E-state index contributed by atoms with van der Waals surface area (Å²) in [5.74, 6) is 7.73. The van der Waals surface area contributed by atoms with Crippen molar-refractivity contribution in [3.63, 3.8) is 0 Å². The van der Waals surface area contributed by atoms with Crippen LogP contribution in [-0.4, -0.2) is 101 Å². The Labute approximate surface area is 406 Å². The standard InChI is InChI=1S/2C15H24O3.C14H24O2.C13H22O2/c1-11(16)18-15(4-3-7-17-2)10-14-9-12-5-6-13(14)8-12;1-11(16)18-15(5-3-4-8-17-2)14-10-12-6-7-13(14)9-12;1-14(15,7-3-4-8-16-2)13-10-11-5-6-12(13)9-11;1-15-7-3-2-4-13(14)12-9-10-5-6-11(12)8-10/h5-6,12-15H,3-4,7-10H2,1-2H3;6-7,12-15H,3-5,8-10H2,1-2H3;5-6,11-13,15H,3-4,7-10H2,1-2H3;5-6,10-14H,2-4,7-9H2,1H3. The third-order valence-electron chi connectivity index (χ3n) is 16.7. The average Bonchev–Trinajstić information content (AvgIpc) is 4.18. The van der Waals surface area contributed by atoms with E-state index in [0.717, 1.165) is 133 Å².